The molecule has 0 saturated heterocycles. The Morgan fingerprint density at radius 3 is 2.87 bits per heavy atom. The van der Waals surface area contributed by atoms with Crippen molar-refractivity contribution in [2.75, 3.05) is 0 Å². The average molecular weight is 210 g/mol. The molecule has 0 aliphatic heterocycles. The predicted octanol–water partition coefficient (Wildman–Crippen LogP) is 0.164. The number of nitrogens with two attached hydrogens (primary N) is 1. The van der Waals surface area contributed by atoms with Gasteiger partial charge in [0.25, 0.3) is 0 Å². The van der Waals surface area contributed by atoms with Crippen molar-refractivity contribution < 1.29 is 4.79 Å². The topological polar surface area (TPSA) is 72.9 Å². The number of nitrogens with zero attached hydrogens (tertiary/aromatic N) is 2. The van der Waals surface area contributed by atoms with Crippen LogP contribution in [0, 0.1) is 0 Å². The average Bonchev–Trinajstić information content (AvgIpc) is 2.60. The van der Waals surface area contributed by atoms with E-state index < -0.39 is 5.54 Å². The number of hydrogen-bond acceptors (Lipinski definition) is 3. The van der Waals surface area contributed by atoms with E-state index in [2.05, 4.69) is 10.4 Å². The van der Waals surface area contributed by atoms with Gasteiger partial charge < -0.3 is 11.1 Å². The lowest BCUT2D eigenvalue weighted by Crippen LogP contribution is -2.50. The SMILES string of the molecule is CCC(C)(N)C(=O)NCc1cnn(C)c1. The normalized spacial score (nSPS) is 14.7. The molecule has 1 heterocycles. The van der Waals surface area contributed by atoms with Gasteiger partial charge >= 0.3 is 0 Å². The van der Waals surface area contributed by atoms with Crippen LogP contribution in [0.1, 0.15) is 25.8 Å². The molecule has 5 nitrogen and oxygen atoms in total. The number of hydrogen-bond donors (Lipinski definition) is 2. The van der Waals surface area contributed by atoms with Gasteiger partial charge in [0, 0.05) is 25.4 Å². The number of nitrogens with one attached hydrogen (secondary N) is 1. The second-order valence-corrected chi connectivity index (χ2v) is 3.98. The van der Waals surface area contributed by atoms with Gasteiger partial charge in [0.05, 0.1) is 11.7 Å². The van der Waals surface area contributed by atoms with Gasteiger partial charge in [-0.3, -0.25) is 9.48 Å². The van der Waals surface area contributed by atoms with Crippen molar-refractivity contribution in [1.82, 2.24) is 15.1 Å². The number of aryl methyl sites for hydroxylation is 1. The molecule has 1 amide bonds. The van der Waals surface area contributed by atoms with Gasteiger partial charge in [0.15, 0.2) is 0 Å². The molecule has 0 aromatic carbocycles. The molecule has 1 aromatic rings. The molecule has 0 radical (unpaired) electrons. The van der Waals surface area contributed by atoms with Crippen LogP contribution in [0.5, 0.6) is 0 Å². The van der Waals surface area contributed by atoms with Crippen molar-refractivity contribution in [3.8, 4) is 0 Å². The van der Waals surface area contributed by atoms with E-state index in [4.69, 9.17) is 5.73 Å². The Labute approximate surface area is 89.6 Å². The van der Waals surface area contributed by atoms with E-state index in [-0.39, 0.29) is 5.91 Å². The summed E-state index contributed by atoms with van der Waals surface area (Å²) < 4.78 is 1.70. The zero-order valence-corrected chi connectivity index (χ0v) is 9.45. The fourth-order valence-corrected chi connectivity index (χ4v) is 1.11. The summed E-state index contributed by atoms with van der Waals surface area (Å²) in [6.07, 6.45) is 4.20. The summed E-state index contributed by atoms with van der Waals surface area (Å²) in [4.78, 5) is 11.6. The van der Waals surface area contributed by atoms with Crippen LogP contribution >= 0.6 is 0 Å². The maximum Gasteiger partial charge on any atom is 0.240 e. The number of carbonyl (C=O) groups is 1. The van der Waals surface area contributed by atoms with Crippen molar-refractivity contribution >= 4 is 5.91 Å². The molecule has 3 N–H and O–H groups in total. The first kappa shape index (κ1) is 11.7. The Kier molecular flexibility index (Phi) is 3.47. The van der Waals surface area contributed by atoms with Crippen LogP contribution in [0.3, 0.4) is 0 Å². The quantitative estimate of drug-likeness (QED) is 0.743. The first-order valence-corrected chi connectivity index (χ1v) is 5.00. The molecule has 5 heteroatoms. The molecule has 0 saturated carbocycles. The highest BCUT2D eigenvalue weighted by molar-refractivity contribution is 5.85. The van der Waals surface area contributed by atoms with Gasteiger partial charge in [-0.25, -0.2) is 0 Å². The van der Waals surface area contributed by atoms with Gasteiger partial charge in [0.1, 0.15) is 0 Å². The predicted molar refractivity (Wildman–Crippen MR) is 57.9 cm³/mol. The summed E-state index contributed by atoms with van der Waals surface area (Å²) in [6.45, 7) is 4.09. The Morgan fingerprint density at radius 2 is 2.40 bits per heavy atom. The number of carbonyl (C=O) groups excluding carboxylic acids is 1. The van der Waals surface area contributed by atoms with Crippen LogP contribution in [-0.2, 0) is 18.4 Å². The minimum atomic E-state index is -0.789. The lowest BCUT2D eigenvalue weighted by atomic mass is 9.99. The summed E-state index contributed by atoms with van der Waals surface area (Å²) in [5.41, 5.74) is 5.98. The summed E-state index contributed by atoms with van der Waals surface area (Å²) >= 11 is 0. The molecule has 1 unspecified atom stereocenters. The first-order valence-electron chi connectivity index (χ1n) is 5.00. The zero-order valence-electron chi connectivity index (χ0n) is 9.45. The third kappa shape index (κ3) is 3.06. The molecular weight excluding hydrogens is 192 g/mol. The molecule has 15 heavy (non-hydrogen) atoms. The van der Waals surface area contributed by atoms with Crippen molar-refractivity contribution in [1.29, 1.82) is 0 Å². The molecule has 0 spiro atoms. The Bertz CT molecular complexity index is 343. The molecular formula is C10H18N4O. The summed E-state index contributed by atoms with van der Waals surface area (Å²) in [7, 11) is 1.84. The molecule has 0 fully saturated rings. The minimum Gasteiger partial charge on any atom is -0.350 e. The van der Waals surface area contributed by atoms with Crippen molar-refractivity contribution in [3.05, 3.63) is 18.0 Å². The van der Waals surface area contributed by atoms with E-state index in [0.717, 1.165) is 5.56 Å². The summed E-state index contributed by atoms with van der Waals surface area (Å²) in [5.74, 6) is -0.131. The standard InChI is InChI=1S/C10H18N4O/c1-4-10(2,11)9(15)12-5-8-6-13-14(3)7-8/h6-7H,4-5,11H2,1-3H3,(H,12,15). The van der Waals surface area contributed by atoms with E-state index in [1.165, 1.54) is 0 Å². The number of amides is 1. The Hall–Kier alpha value is -1.36. The first-order chi connectivity index (χ1) is 6.95. The van der Waals surface area contributed by atoms with Crippen LogP contribution in [0.4, 0.5) is 0 Å². The smallest absolute Gasteiger partial charge is 0.240 e. The van der Waals surface area contributed by atoms with Crippen LogP contribution in [0.2, 0.25) is 0 Å². The third-order valence-electron chi connectivity index (χ3n) is 2.46. The number of aromatic nitrogens is 2. The van der Waals surface area contributed by atoms with E-state index in [1.54, 1.807) is 17.8 Å². The third-order valence-corrected chi connectivity index (χ3v) is 2.46. The van der Waals surface area contributed by atoms with Gasteiger partial charge in [0.2, 0.25) is 5.91 Å². The Balaban J connectivity index is 2.47. The fraction of sp³-hybridized carbons (Fsp3) is 0.600. The van der Waals surface area contributed by atoms with Crippen LogP contribution < -0.4 is 11.1 Å². The van der Waals surface area contributed by atoms with Gasteiger partial charge in [-0.1, -0.05) is 6.92 Å². The van der Waals surface area contributed by atoms with E-state index >= 15 is 0 Å². The van der Waals surface area contributed by atoms with Gasteiger partial charge in [-0.05, 0) is 13.3 Å². The molecule has 1 rings (SSSR count). The van der Waals surface area contributed by atoms with Gasteiger partial charge in [-0.15, -0.1) is 0 Å². The summed E-state index contributed by atoms with van der Waals surface area (Å²) in [6, 6.07) is 0. The number of rotatable bonds is 4. The van der Waals surface area contributed by atoms with Crippen LogP contribution in [0.25, 0.3) is 0 Å². The van der Waals surface area contributed by atoms with E-state index in [1.807, 2.05) is 20.2 Å². The minimum absolute atomic E-state index is 0.131. The molecule has 0 bridgehead atoms. The monoisotopic (exact) mass is 210 g/mol. The lowest BCUT2D eigenvalue weighted by Gasteiger charge is -2.21. The van der Waals surface area contributed by atoms with Crippen molar-refractivity contribution in [2.24, 2.45) is 12.8 Å². The van der Waals surface area contributed by atoms with Crippen LogP contribution in [0.15, 0.2) is 12.4 Å². The second kappa shape index (κ2) is 4.44. The highest BCUT2D eigenvalue weighted by Gasteiger charge is 2.25. The molecule has 0 aliphatic carbocycles. The zero-order chi connectivity index (χ0) is 11.5. The molecule has 1 aromatic heterocycles. The Morgan fingerprint density at radius 1 is 1.73 bits per heavy atom. The van der Waals surface area contributed by atoms with E-state index in [9.17, 15) is 4.79 Å². The molecule has 1 atom stereocenters. The van der Waals surface area contributed by atoms with E-state index in [0.29, 0.717) is 13.0 Å². The highest BCUT2D eigenvalue weighted by atomic mass is 16.2. The van der Waals surface area contributed by atoms with Gasteiger partial charge in [-0.2, -0.15) is 5.10 Å². The fourth-order valence-electron chi connectivity index (χ4n) is 1.11. The second-order valence-electron chi connectivity index (χ2n) is 3.98. The molecule has 84 valence electrons. The summed E-state index contributed by atoms with van der Waals surface area (Å²) in [5, 5.41) is 6.80. The van der Waals surface area contributed by atoms with Crippen LogP contribution in [-0.4, -0.2) is 21.2 Å². The highest BCUT2D eigenvalue weighted by Crippen LogP contribution is 2.05. The largest absolute Gasteiger partial charge is 0.350 e. The maximum absolute atomic E-state index is 11.6. The van der Waals surface area contributed by atoms with Crippen molar-refractivity contribution in [3.63, 3.8) is 0 Å². The lowest BCUT2D eigenvalue weighted by molar-refractivity contribution is -0.126. The maximum atomic E-state index is 11.6. The van der Waals surface area contributed by atoms with Crippen molar-refractivity contribution in [2.45, 2.75) is 32.4 Å². The molecule has 0 aliphatic rings.